The number of aliphatic imine (C=N–C) groups is 1. The van der Waals surface area contributed by atoms with E-state index in [0.717, 1.165) is 12.0 Å². The maximum atomic E-state index is 12.0. The van der Waals surface area contributed by atoms with Crippen LogP contribution in [0.4, 0.5) is 0 Å². The minimum atomic E-state index is -3.00. The van der Waals surface area contributed by atoms with Gasteiger partial charge in [-0.15, -0.1) is 24.0 Å². The van der Waals surface area contributed by atoms with Crippen molar-refractivity contribution in [2.45, 2.75) is 25.3 Å². The first-order chi connectivity index (χ1) is 13.9. The van der Waals surface area contributed by atoms with Crippen molar-refractivity contribution in [3.8, 4) is 11.5 Å². The van der Waals surface area contributed by atoms with Crippen LogP contribution in [0.5, 0.6) is 11.5 Å². The average Bonchev–Trinajstić information content (AvgIpc) is 3.04. The molecule has 11 heteroatoms. The van der Waals surface area contributed by atoms with Crippen molar-refractivity contribution >= 4 is 45.7 Å². The number of benzene rings is 1. The first-order valence-corrected chi connectivity index (χ1v) is 11.3. The van der Waals surface area contributed by atoms with E-state index in [1.54, 1.807) is 21.3 Å². The van der Waals surface area contributed by atoms with Crippen LogP contribution in [0.3, 0.4) is 0 Å². The van der Waals surface area contributed by atoms with E-state index in [1.807, 2.05) is 18.2 Å². The maximum absolute atomic E-state index is 12.0. The van der Waals surface area contributed by atoms with Gasteiger partial charge in [-0.3, -0.25) is 9.79 Å². The quantitative estimate of drug-likeness (QED) is 0.234. The van der Waals surface area contributed by atoms with Crippen molar-refractivity contribution in [2.75, 3.05) is 45.9 Å². The predicted molar refractivity (Wildman–Crippen MR) is 128 cm³/mol. The summed E-state index contributed by atoms with van der Waals surface area (Å²) < 4.78 is 33.4. The third-order valence-corrected chi connectivity index (χ3v) is 6.39. The molecule has 0 spiro atoms. The lowest BCUT2D eigenvalue weighted by Gasteiger charge is -2.14. The van der Waals surface area contributed by atoms with Gasteiger partial charge in [-0.2, -0.15) is 0 Å². The van der Waals surface area contributed by atoms with Gasteiger partial charge in [-0.25, -0.2) is 8.42 Å². The topological polar surface area (TPSA) is 118 Å². The van der Waals surface area contributed by atoms with Crippen molar-refractivity contribution in [3.63, 3.8) is 0 Å². The number of hydrogen-bond donors (Lipinski definition) is 3. The van der Waals surface area contributed by atoms with E-state index >= 15 is 0 Å². The molecule has 2 rings (SSSR count). The Labute approximate surface area is 195 Å². The van der Waals surface area contributed by atoms with Crippen molar-refractivity contribution in [2.24, 2.45) is 4.99 Å². The minimum Gasteiger partial charge on any atom is -0.493 e. The Morgan fingerprint density at radius 2 is 1.87 bits per heavy atom. The highest BCUT2D eigenvalue weighted by Gasteiger charge is 2.28. The summed E-state index contributed by atoms with van der Waals surface area (Å²) in [6, 6.07) is 5.51. The van der Waals surface area contributed by atoms with Crippen LogP contribution < -0.4 is 25.4 Å². The number of nitrogens with zero attached hydrogens (tertiary/aromatic N) is 1. The SMILES string of the molecule is CN=C(NCCC(=O)NC1CCS(=O)(=O)C1)NCCc1ccc(OC)c(OC)c1.I. The Balaban J connectivity index is 0.00000450. The summed E-state index contributed by atoms with van der Waals surface area (Å²) in [5.74, 6) is 1.99. The zero-order valence-electron chi connectivity index (χ0n) is 17.6. The Hall–Kier alpha value is -1.76. The van der Waals surface area contributed by atoms with E-state index in [2.05, 4.69) is 20.9 Å². The van der Waals surface area contributed by atoms with Crippen molar-refractivity contribution < 1.29 is 22.7 Å². The van der Waals surface area contributed by atoms with E-state index in [4.69, 9.17) is 9.47 Å². The highest BCUT2D eigenvalue weighted by molar-refractivity contribution is 14.0. The number of rotatable bonds is 9. The number of halogens is 1. The predicted octanol–water partition coefficient (Wildman–Crippen LogP) is 0.723. The second-order valence-electron chi connectivity index (χ2n) is 6.78. The lowest BCUT2D eigenvalue weighted by atomic mass is 10.1. The van der Waals surface area contributed by atoms with E-state index in [9.17, 15) is 13.2 Å². The average molecular weight is 554 g/mol. The van der Waals surface area contributed by atoms with E-state index in [-0.39, 0.29) is 53.9 Å². The molecule has 9 nitrogen and oxygen atoms in total. The molecular formula is C19H31IN4O5S. The summed E-state index contributed by atoms with van der Waals surface area (Å²) in [5, 5.41) is 9.05. The fourth-order valence-electron chi connectivity index (χ4n) is 3.09. The van der Waals surface area contributed by atoms with Crippen LogP contribution >= 0.6 is 24.0 Å². The van der Waals surface area contributed by atoms with Crippen LogP contribution in [-0.2, 0) is 21.1 Å². The molecule has 0 saturated carbocycles. The van der Waals surface area contributed by atoms with Gasteiger partial charge in [0.25, 0.3) is 0 Å². The molecule has 0 bridgehead atoms. The molecule has 170 valence electrons. The number of sulfone groups is 1. The summed E-state index contributed by atoms with van der Waals surface area (Å²) in [6.07, 6.45) is 1.49. The van der Waals surface area contributed by atoms with E-state index in [0.29, 0.717) is 37.0 Å². The van der Waals surface area contributed by atoms with Gasteiger partial charge in [0, 0.05) is 32.6 Å². The molecule has 1 heterocycles. The molecule has 30 heavy (non-hydrogen) atoms. The highest BCUT2D eigenvalue weighted by Crippen LogP contribution is 2.27. The molecular weight excluding hydrogens is 523 g/mol. The summed E-state index contributed by atoms with van der Waals surface area (Å²) in [6.45, 7) is 1.06. The molecule has 3 N–H and O–H groups in total. The van der Waals surface area contributed by atoms with Gasteiger partial charge in [0.15, 0.2) is 27.3 Å². The number of amides is 1. The molecule has 0 aromatic heterocycles. The molecule has 1 aromatic carbocycles. The number of hydrogen-bond acceptors (Lipinski definition) is 6. The Morgan fingerprint density at radius 3 is 2.47 bits per heavy atom. The smallest absolute Gasteiger partial charge is 0.222 e. The second-order valence-corrected chi connectivity index (χ2v) is 9.01. The minimum absolute atomic E-state index is 0. The highest BCUT2D eigenvalue weighted by atomic mass is 127. The number of nitrogens with one attached hydrogen (secondary N) is 3. The maximum Gasteiger partial charge on any atom is 0.222 e. The van der Waals surface area contributed by atoms with Gasteiger partial charge in [-0.1, -0.05) is 6.07 Å². The van der Waals surface area contributed by atoms with Gasteiger partial charge in [0.2, 0.25) is 5.91 Å². The number of ether oxygens (including phenoxy) is 2. The molecule has 0 aliphatic carbocycles. The monoisotopic (exact) mass is 554 g/mol. The normalized spacial score (nSPS) is 17.6. The number of carbonyl (C=O) groups is 1. The van der Waals surface area contributed by atoms with Gasteiger partial charge < -0.3 is 25.4 Å². The van der Waals surface area contributed by atoms with Crippen LogP contribution in [0.15, 0.2) is 23.2 Å². The lowest BCUT2D eigenvalue weighted by molar-refractivity contribution is -0.121. The molecule has 1 atom stereocenters. The number of guanidine groups is 1. The van der Waals surface area contributed by atoms with Crippen molar-refractivity contribution in [3.05, 3.63) is 23.8 Å². The van der Waals surface area contributed by atoms with Crippen LogP contribution in [0.25, 0.3) is 0 Å². The summed E-state index contributed by atoms with van der Waals surface area (Å²) >= 11 is 0. The van der Waals surface area contributed by atoms with Gasteiger partial charge in [0.05, 0.1) is 25.7 Å². The van der Waals surface area contributed by atoms with Gasteiger partial charge in [0.1, 0.15) is 0 Å². The molecule has 1 unspecified atom stereocenters. The molecule has 1 amide bonds. The number of carbonyl (C=O) groups excluding carboxylic acids is 1. The van der Waals surface area contributed by atoms with Crippen molar-refractivity contribution in [1.29, 1.82) is 0 Å². The van der Waals surface area contributed by atoms with Gasteiger partial charge >= 0.3 is 0 Å². The fourth-order valence-corrected chi connectivity index (χ4v) is 4.76. The molecule has 1 fully saturated rings. The van der Waals surface area contributed by atoms with E-state index < -0.39 is 9.84 Å². The van der Waals surface area contributed by atoms with Crippen LogP contribution in [0.2, 0.25) is 0 Å². The summed E-state index contributed by atoms with van der Waals surface area (Å²) in [7, 11) is 1.87. The third-order valence-electron chi connectivity index (χ3n) is 4.62. The Morgan fingerprint density at radius 1 is 1.17 bits per heavy atom. The Bertz CT molecular complexity index is 832. The van der Waals surface area contributed by atoms with Gasteiger partial charge in [-0.05, 0) is 30.5 Å². The second kappa shape index (κ2) is 12.8. The summed E-state index contributed by atoms with van der Waals surface area (Å²) in [4.78, 5) is 16.1. The first-order valence-electron chi connectivity index (χ1n) is 9.52. The zero-order valence-corrected chi connectivity index (χ0v) is 20.7. The molecule has 1 aromatic rings. The van der Waals surface area contributed by atoms with Crippen molar-refractivity contribution in [1.82, 2.24) is 16.0 Å². The molecule has 0 radical (unpaired) electrons. The van der Waals surface area contributed by atoms with E-state index in [1.165, 1.54) is 0 Å². The molecule has 1 aliphatic rings. The Kier molecular flexibility index (Phi) is 11.2. The fraction of sp³-hybridized carbons (Fsp3) is 0.579. The first kappa shape index (κ1) is 26.3. The standard InChI is InChI=1S/C19H30N4O5S.HI/c1-20-19(21-9-6-14-4-5-16(27-2)17(12-14)28-3)22-10-7-18(24)23-15-8-11-29(25,26)13-15;/h4-5,12,15H,6-11,13H2,1-3H3,(H,23,24)(H2,20,21,22);1H. The number of methoxy groups -OCH3 is 2. The van der Waals surface area contributed by atoms with Crippen LogP contribution in [-0.4, -0.2) is 72.2 Å². The molecule has 1 saturated heterocycles. The summed E-state index contributed by atoms with van der Waals surface area (Å²) in [5.41, 5.74) is 1.09. The molecule has 1 aliphatic heterocycles. The lowest BCUT2D eigenvalue weighted by Crippen LogP contribution is -2.41. The zero-order chi connectivity index (χ0) is 21.3. The largest absolute Gasteiger partial charge is 0.493 e. The third kappa shape index (κ3) is 8.54. The van der Waals surface area contributed by atoms with Crippen LogP contribution in [0.1, 0.15) is 18.4 Å². The van der Waals surface area contributed by atoms with Crippen LogP contribution in [0, 0.1) is 0 Å².